The topological polar surface area (TPSA) is 67.4 Å². The van der Waals surface area contributed by atoms with Gasteiger partial charge in [0.05, 0.1) is 12.5 Å². The van der Waals surface area contributed by atoms with E-state index in [-0.39, 0.29) is 30.8 Å². The Labute approximate surface area is 137 Å². The summed E-state index contributed by atoms with van der Waals surface area (Å²) in [7, 11) is 1.35. The van der Waals surface area contributed by atoms with Crippen LogP contribution in [0.1, 0.15) is 36.2 Å². The molecule has 0 fully saturated rings. The van der Waals surface area contributed by atoms with Gasteiger partial charge in [-0.3, -0.25) is 9.59 Å². The van der Waals surface area contributed by atoms with E-state index in [0.717, 1.165) is 30.6 Å². The first-order valence-electron chi connectivity index (χ1n) is 7.18. The fourth-order valence-corrected chi connectivity index (χ4v) is 2.47. The highest BCUT2D eigenvalue weighted by atomic mass is 35.5. The van der Waals surface area contributed by atoms with Crippen molar-refractivity contribution in [3.8, 4) is 0 Å². The molecule has 1 amide bonds. The summed E-state index contributed by atoms with van der Waals surface area (Å²) in [5.41, 5.74) is 2.02. The van der Waals surface area contributed by atoms with Gasteiger partial charge in [-0.1, -0.05) is 6.07 Å². The Morgan fingerprint density at radius 2 is 2.09 bits per heavy atom. The highest BCUT2D eigenvalue weighted by molar-refractivity contribution is 5.97. The van der Waals surface area contributed by atoms with Crippen molar-refractivity contribution >= 4 is 30.0 Å². The Kier molecular flexibility index (Phi) is 6.23. The lowest BCUT2D eigenvalue weighted by Gasteiger charge is -2.23. The van der Waals surface area contributed by atoms with E-state index in [9.17, 15) is 9.59 Å². The molecule has 0 atom stereocenters. The standard InChI is InChI=1S/C16H22N2O3.ClH/c1-16(2,15(20)21-3)10-18-14(19)12-6-4-8-13-11(12)7-5-9-17-13;/h4,6,8,17H,5,7,9-10H2,1-3H3,(H,18,19);1H. The van der Waals surface area contributed by atoms with Gasteiger partial charge in [-0.2, -0.15) is 0 Å². The van der Waals surface area contributed by atoms with E-state index in [1.807, 2.05) is 18.2 Å². The van der Waals surface area contributed by atoms with Gasteiger partial charge < -0.3 is 15.4 Å². The van der Waals surface area contributed by atoms with Crippen molar-refractivity contribution in [3.05, 3.63) is 29.3 Å². The third-order valence-electron chi connectivity index (χ3n) is 3.77. The minimum absolute atomic E-state index is 0. The molecule has 1 aliphatic heterocycles. The molecule has 0 saturated heterocycles. The molecule has 0 aliphatic carbocycles. The zero-order valence-corrected chi connectivity index (χ0v) is 14.0. The minimum atomic E-state index is -0.739. The summed E-state index contributed by atoms with van der Waals surface area (Å²) in [5, 5.41) is 6.14. The number of halogens is 1. The van der Waals surface area contributed by atoms with Gasteiger partial charge in [-0.15, -0.1) is 12.4 Å². The number of carbonyl (C=O) groups excluding carboxylic acids is 2. The van der Waals surface area contributed by atoms with Crippen LogP contribution in [0.2, 0.25) is 0 Å². The van der Waals surface area contributed by atoms with E-state index in [1.165, 1.54) is 7.11 Å². The third kappa shape index (κ3) is 3.91. The number of methoxy groups -OCH3 is 1. The van der Waals surface area contributed by atoms with Crippen LogP contribution >= 0.6 is 12.4 Å². The molecule has 0 saturated carbocycles. The zero-order valence-electron chi connectivity index (χ0n) is 13.2. The largest absolute Gasteiger partial charge is 0.469 e. The number of rotatable bonds is 4. The zero-order chi connectivity index (χ0) is 15.5. The van der Waals surface area contributed by atoms with Crippen molar-refractivity contribution < 1.29 is 14.3 Å². The molecule has 122 valence electrons. The van der Waals surface area contributed by atoms with Crippen molar-refractivity contribution in [2.24, 2.45) is 5.41 Å². The molecule has 1 aromatic carbocycles. The van der Waals surface area contributed by atoms with Gasteiger partial charge in [0.15, 0.2) is 0 Å². The van der Waals surface area contributed by atoms with Crippen LogP contribution in [0.15, 0.2) is 18.2 Å². The predicted octanol–water partition coefficient (Wildman–Crippen LogP) is 2.40. The van der Waals surface area contributed by atoms with E-state index < -0.39 is 5.41 Å². The van der Waals surface area contributed by atoms with Crippen molar-refractivity contribution in [3.63, 3.8) is 0 Å². The fourth-order valence-electron chi connectivity index (χ4n) is 2.47. The second-order valence-electron chi connectivity index (χ2n) is 5.92. The minimum Gasteiger partial charge on any atom is -0.469 e. The summed E-state index contributed by atoms with van der Waals surface area (Å²) in [6.45, 7) is 4.69. The number of ether oxygens (including phenoxy) is 1. The van der Waals surface area contributed by atoms with Gasteiger partial charge in [0.1, 0.15) is 0 Å². The molecule has 1 heterocycles. The van der Waals surface area contributed by atoms with Crippen molar-refractivity contribution in [1.82, 2.24) is 5.32 Å². The number of anilines is 1. The molecule has 6 heteroatoms. The second kappa shape index (κ2) is 7.49. The van der Waals surface area contributed by atoms with Crippen LogP contribution in [0.3, 0.4) is 0 Å². The number of benzene rings is 1. The lowest BCUT2D eigenvalue weighted by Crippen LogP contribution is -2.40. The van der Waals surface area contributed by atoms with E-state index in [1.54, 1.807) is 13.8 Å². The Hall–Kier alpha value is -1.75. The van der Waals surface area contributed by atoms with Crippen molar-refractivity contribution in [2.45, 2.75) is 26.7 Å². The van der Waals surface area contributed by atoms with Gasteiger partial charge >= 0.3 is 5.97 Å². The maximum atomic E-state index is 12.4. The summed E-state index contributed by atoms with van der Waals surface area (Å²) >= 11 is 0. The number of hydrogen-bond donors (Lipinski definition) is 2. The molecular weight excluding hydrogens is 304 g/mol. The first kappa shape index (κ1) is 18.3. The monoisotopic (exact) mass is 326 g/mol. The van der Waals surface area contributed by atoms with Crippen LogP contribution in [0.25, 0.3) is 0 Å². The van der Waals surface area contributed by atoms with E-state index in [2.05, 4.69) is 10.6 Å². The lowest BCUT2D eigenvalue weighted by molar-refractivity contribution is -0.150. The van der Waals surface area contributed by atoms with Crippen LogP contribution < -0.4 is 10.6 Å². The molecule has 0 radical (unpaired) electrons. The lowest BCUT2D eigenvalue weighted by atomic mass is 9.93. The second-order valence-corrected chi connectivity index (χ2v) is 5.92. The third-order valence-corrected chi connectivity index (χ3v) is 3.77. The van der Waals surface area contributed by atoms with Crippen molar-refractivity contribution in [1.29, 1.82) is 0 Å². The summed E-state index contributed by atoms with van der Waals surface area (Å²) in [6, 6.07) is 5.69. The van der Waals surface area contributed by atoms with Gasteiger partial charge in [0.2, 0.25) is 0 Å². The number of hydrogen-bond acceptors (Lipinski definition) is 4. The molecule has 0 bridgehead atoms. The number of carbonyl (C=O) groups is 2. The maximum Gasteiger partial charge on any atom is 0.313 e. The Bertz CT molecular complexity index is 558. The maximum absolute atomic E-state index is 12.4. The molecule has 0 aromatic heterocycles. The number of amides is 1. The van der Waals surface area contributed by atoms with Crippen LogP contribution in [0, 0.1) is 5.41 Å². The SMILES string of the molecule is COC(=O)C(C)(C)CNC(=O)c1cccc2c1CCCN2.Cl. The van der Waals surface area contributed by atoms with Gasteiger partial charge in [0, 0.05) is 24.3 Å². The molecule has 1 aromatic rings. The Morgan fingerprint density at radius 3 is 2.77 bits per heavy atom. The average Bonchev–Trinajstić information content (AvgIpc) is 2.51. The molecule has 2 N–H and O–H groups in total. The summed E-state index contributed by atoms with van der Waals surface area (Å²) in [6.07, 6.45) is 1.91. The first-order chi connectivity index (χ1) is 9.95. The van der Waals surface area contributed by atoms with Crippen LogP contribution in [0.4, 0.5) is 5.69 Å². The average molecular weight is 327 g/mol. The Morgan fingerprint density at radius 1 is 1.36 bits per heavy atom. The molecule has 22 heavy (non-hydrogen) atoms. The highest BCUT2D eigenvalue weighted by Crippen LogP contribution is 2.25. The van der Waals surface area contributed by atoms with Crippen molar-refractivity contribution in [2.75, 3.05) is 25.5 Å². The van der Waals surface area contributed by atoms with Crippen LogP contribution in [-0.4, -0.2) is 32.1 Å². The normalized spacial score (nSPS) is 13.2. The molecule has 0 unspecified atom stereocenters. The van der Waals surface area contributed by atoms with Gasteiger partial charge in [-0.25, -0.2) is 0 Å². The van der Waals surface area contributed by atoms with Crippen LogP contribution in [-0.2, 0) is 16.0 Å². The van der Waals surface area contributed by atoms with Gasteiger partial charge in [-0.05, 0) is 44.4 Å². The first-order valence-corrected chi connectivity index (χ1v) is 7.18. The summed E-state index contributed by atoms with van der Waals surface area (Å²) in [4.78, 5) is 24.0. The molecular formula is C16H23ClN2O3. The quantitative estimate of drug-likeness (QED) is 0.834. The fraction of sp³-hybridized carbons (Fsp3) is 0.500. The predicted molar refractivity (Wildman–Crippen MR) is 88.6 cm³/mol. The number of nitrogens with one attached hydrogen (secondary N) is 2. The van der Waals surface area contributed by atoms with E-state index in [0.29, 0.717) is 5.56 Å². The number of fused-ring (bicyclic) bond motifs is 1. The molecule has 2 rings (SSSR count). The summed E-state index contributed by atoms with van der Waals surface area (Å²) < 4.78 is 4.74. The molecule has 1 aliphatic rings. The van der Waals surface area contributed by atoms with E-state index in [4.69, 9.17) is 4.74 Å². The molecule has 0 spiro atoms. The highest BCUT2D eigenvalue weighted by Gasteiger charge is 2.29. The number of esters is 1. The van der Waals surface area contributed by atoms with Gasteiger partial charge in [0.25, 0.3) is 5.91 Å². The van der Waals surface area contributed by atoms with Crippen LogP contribution in [0.5, 0.6) is 0 Å². The molecule has 5 nitrogen and oxygen atoms in total. The van der Waals surface area contributed by atoms with E-state index >= 15 is 0 Å². The summed E-state index contributed by atoms with van der Waals surface area (Å²) in [5.74, 6) is -0.480. The Balaban J connectivity index is 0.00000242. The smallest absolute Gasteiger partial charge is 0.313 e.